The molecule has 32 heavy (non-hydrogen) atoms. The van der Waals surface area contributed by atoms with Gasteiger partial charge in [0.2, 0.25) is 5.89 Å². The Balaban J connectivity index is 1.29. The SMILES string of the molecule is Cc1ccc(-c2nc(CO[C@@H]3CCC[C@H](OCc4cccc(C)c4C(=O)O)C3)co2)cc1. The van der Waals surface area contributed by atoms with Gasteiger partial charge >= 0.3 is 5.97 Å². The Morgan fingerprint density at radius 2 is 1.78 bits per heavy atom. The van der Waals surface area contributed by atoms with Crippen LogP contribution in [0.1, 0.15) is 58.4 Å². The van der Waals surface area contributed by atoms with Gasteiger partial charge in [0, 0.05) is 5.56 Å². The molecule has 4 rings (SSSR count). The molecule has 2 aromatic carbocycles. The maximum atomic E-state index is 11.6. The molecule has 1 aliphatic carbocycles. The van der Waals surface area contributed by atoms with Crippen molar-refractivity contribution in [3.05, 3.63) is 76.7 Å². The van der Waals surface area contributed by atoms with Crippen molar-refractivity contribution in [1.82, 2.24) is 4.98 Å². The summed E-state index contributed by atoms with van der Waals surface area (Å²) < 4.78 is 17.8. The fourth-order valence-corrected chi connectivity index (χ4v) is 4.17. The lowest BCUT2D eigenvalue weighted by molar-refractivity contribution is -0.0563. The normalized spacial score (nSPS) is 18.6. The van der Waals surface area contributed by atoms with Crippen LogP contribution in [0.4, 0.5) is 0 Å². The molecule has 0 radical (unpaired) electrons. The monoisotopic (exact) mass is 435 g/mol. The van der Waals surface area contributed by atoms with E-state index in [1.807, 2.05) is 56.3 Å². The number of carboxylic acid groups (broad SMARTS) is 1. The van der Waals surface area contributed by atoms with Crippen molar-refractivity contribution in [2.75, 3.05) is 0 Å². The van der Waals surface area contributed by atoms with Gasteiger partial charge in [-0.25, -0.2) is 9.78 Å². The molecule has 1 aliphatic rings. The van der Waals surface area contributed by atoms with Gasteiger partial charge in [-0.15, -0.1) is 0 Å². The van der Waals surface area contributed by atoms with Gasteiger partial charge in [0.05, 0.1) is 31.0 Å². The summed E-state index contributed by atoms with van der Waals surface area (Å²) >= 11 is 0. The lowest BCUT2D eigenvalue weighted by atomic mass is 9.94. The second kappa shape index (κ2) is 10.1. The Morgan fingerprint density at radius 3 is 2.50 bits per heavy atom. The zero-order valence-corrected chi connectivity index (χ0v) is 18.5. The van der Waals surface area contributed by atoms with Gasteiger partial charge in [-0.1, -0.05) is 35.9 Å². The number of oxazole rings is 1. The van der Waals surface area contributed by atoms with Crippen molar-refractivity contribution in [3.63, 3.8) is 0 Å². The van der Waals surface area contributed by atoms with Crippen LogP contribution in [0.25, 0.3) is 11.5 Å². The summed E-state index contributed by atoms with van der Waals surface area (Å²) in [6.45, 7) is 4.55. The number of aryl methyl sites for hydroxylation is 2. The third-order valence-electron chi connectivity index (χ3n) is 5.94. The van der Waals surface area contributed by atoms with Gasteiger partial charge in [-0.05, 0) is 62.8 Å². The highest BCUT2D eigenvalue weighted by Gasteiger charge is 2.24. The molecular formula is C26H29NO5. The quantitative estimate of drug-likeness (QED) is 0.489. The highest BCUT2D eigenvalue weighted by molar-refractivity contribution is 5.91. The van der Waals surface area contributed by atoms with E-state index in [-0.39, 0.29) is 12.2 Å². The Hall–Kier alpha value is -2.96. The first-order valence-corrected chi connectivity index (χ1v) is 11.1. The number of ether oxygens (including phenoxy) is 2. The molecule has 0 aliphatic heterocycles. The van der Waals surface area contributed by atoms with E-state index in [9.17, 15) is 9.90 Å². The number of benzene rings is 2. The highest BCUT2D eigenvalue weighted by Crippen LogP contribution is 2.27. The van der Waals surface area contributed by atoms with E-state index in [4.69, 9.17) is 13.9 Å². The number of carboxylic acids is 1. The van der Waals surface area contributed by atoms with Crippen LogP contribution in [0, 0.1) is 13.8 Å². The molecule has 1 fully saturated rings. The molecule has 1 N–H and O–H groups in total. The van der Waals surface area contributed by atoms with E-state index in [0.29, 0.717) is 30.2 Å². The molecule has 0 spiro atoms. The smallest absolute Gasteiger partial charge is 0.336 e. The first-order valence-electron chi connectivity index (χ1n) is 11.1. The van der Waals surface area contributed by atoms with Crippen LogP contribution in [0.2, 0.25) is 0 Å². The average molecular weight is 436 g/mol. The van der Waals surface area contributed by atoms with Crippen LogP contribution >= 0.6 is 0 Å². The molecule has 1 aromatic heterocycles. The largest absolute Gasteiger partial charge is 0.478 e. The van der Waals surface area contributed by atoms with Gasteiger partial charge in [0.25, 0.3) is 0 Å². The summed E-state index contributed by atoms with van der Waals surface area (Å²) in [7, 11) is 0. The van der Waals surface area contributed by atoms with Gasteiger partial charge in [-0.2, -0.15) is 0 Å². The molecule has 3 aromatic rings. The number of nitrogens with zero attached hydrogens (tertiary/aromatic N) is 1. The van der Waals surface area contributed by atoms with E-state index in [1.165, 1.54) is 5.56 Å². The zero-order valence-electron chi connectivity index (χ0n) is 18.5. The Kier molecular flexibility index (Phi) is 7.02. The highest BCUT2D eigenvalue weighted by atomic mass is 16.5. The molecule has 0 amide bonds. The predicted octanol–water partition coefficient (Wildman–Crippen LogP) is 5.70. The molecule has 0 saturated heterocycles. The second-order valence-electron chi connectivity index (χ2n) is 8.46. The van der Waals surface area contributed by atoms with E-state index in [2.05, 4.69) is 4.98 Å². The molecule has 1 saturated carbocycles. The minimum atomic E-state index is -0.913. The third kappa shape index (κ3) is 5.44. The standard InChI is InChI=1S/C26H29NO5/c1-17-9-11-19(12-10-17)25-27-21(16-32-25)15-31-23-8-4-7-22(13-23)30-14-20-6-3-5-18(2)24(20)26(28)29/h3,5-6,9-12,16,22-23H,4,7-8,13-15H2,1-2H3,(H,28,29)/t22-,23+/m0/s1. The van der Waals surface area contributed by atoms with Crippen molar-refractivity contribution in [2.24, 2.45) is 0 Å². The minimum absolute atomic E-state index is 0.0522. The Labute approximate surface area is 188 Å². The molecule has 6 heteroatoms. The van der Waals surface area contributed by atoms with Gasteiger partial charge in [0.1, 0.15) is 12.0 Å². The Bertz CT molecular complexity index is 1060. The number of rotatable bonds is 8. The summed E-state index contributed by atoms with van der Waals surface area (Å²) in [4.78, 5) is 16.1. The molecule has 1 heterocycles. The zero-order chi connectivity index (χ0) is 22.5. The van der Waals surface area contributed by atoms with Gasteiger partial charge < -0.3 is 19.0 Å². The van der Waals surface area contributed by atoms with Gasteiger partial charge in [0.15, 0.2) is 0 Å². The summed E-state index contributed by atoms with van der Waals surface area (Å²) in [5.74, 6) is -0.315. The summed E-state index contributed by atoms with van der Waals surface area (Å²) in [6, 6.07) is 13.6. The third-order valence-corrected chi connectivity index (χ3v) is 5.94. The minimum Gasteiger partial charge on any atom is -0.478 e. The topological polar surface area (TPSA) is 81.8 Å². The van der Waals surface area contributed by atoms with Crippen LogP contribution in [-0.2, 0) is 22.7 Å². The summed E-state index contributed by atoms with van der Waals surface area (Å²) in [5, 5.41) is 9.50. The maximum absolute atomic E-state index is 11.6. The molecule has 0 bridgehead atoms. The van der Waals surface area contributed by atoms with Crippen molar-refractivity contribution in [3.8, 4) is 11.5 Å². The van der Waals surface area contributed by atoms with E-state index in [0.717, 1.165) is 42.5 Å². The number of aromatic carboxylic acids is 1. The maximum Gasteiger partial charge on any atom is 0.336 e. The first-order chi connectivity index (χ1) is 15.5. The molecule has 2 atom stereocenters. The van der Waals surface area contributed by atoms with Crippen LogP contribution in [0.15, 0.2) is 53.1 Å². The number of hydrogen-bond donors (Lipinski definition) is 1. The average Bonchev–Trinajstić information content (AvgIpc) is 3.26. The lowest BCUT2D eigenvalue weighted by Crippen LogP contribution is -2.28. The summed E-state index contributed by atoms with van der Waals surface area (Å²) in [5.41, 5.74) is 4.72. The fraction of sp³-hybridized carbons (Fsp3) is 0.385. The molecule has 6 nitrogen and oxygen atoms in total. The number of aromatic nitrogens is 1. The molecular weight excluding hydrogens is 406 g/mol. The summed E-state index contributed by atoms with van der Waals surface area (Å²) in [6.07, 6.45) is 5.53. The van der Waals surface area contributed by atoms with Gasteiger partial charge in [-0.3, -0.25) is 0 Å². The lowest BCUT2D eigenvalue weighted by Gasteiger charge is -2.29. The van der Waals surface area contributed by atoms with Crippen molar-refractivity contribution >= 4 is 5.97 Å². The first kappa shape index (κ1) is 22.2. The second-order valence-corrected chi connectivity index (χ2v) is 8.46. The van der Waals surface area contributed by atoms with E-state index in [1.54, 1.807) is 6.26 Å². The Morgan fingerprint density at radius 1 is 1.06 bits per heavy atom. The molecule has 0 unspecified atom stereocenters. The van der Waals surface area contributed by atoms with E-state index < -0.39 is 5.97 Å². The van der Waals surface area contributed by atoms with Crippen molar-refractivity contribution in [1.29, 1.82) is 0 Å². The molecule has 168 valence electrons. The predicted molar refractivity (Wildman–Crippen MR) is 120 cm³/mol. The van der Waals surface area contributed by atoms with Crippen LogP contribution < -0.4 is 0 Å². The number of hydrogen-bond acceptors (Lipinski definition) is 5. The number of carbonyl (C=O) groups is 1. The van der Waals surface area contributed by atoms with Crippen LogP contribution in [-0.4, -0.2) is 28.3 Å². The van der Waals surface area contributed by atoms with Crippen LogP contribution in [0.3, 0.4) is 0 Å². The van der Waals surface area contributed by atoms with Crippen LogP contribution in [0.5, 0.6) is 0 Å². The van der Waals surface area contributed by atoms with E-state index >= 15 is 0 Å². The fourth-order valence-electron chi connectivity index (χ4n) is 4.17. The van der Waals surface area contributed by atoms with Crippen molar-refractivity contribution in [2.45, 2.75) is 65.0 Å². The van der Waals surface area contributed by atoms with Crippen molar-refractivity contribution < 1.29 is 23.8 Å².